The van der Waals surface area contributed by atoms with Gasteiger partial charge in [0.1, 0.15) is 0 Å². The zero-order valence-electron chi connectivity index (χ0n) is 19.9. The average molecular weight is 482 g/mol. The van der Waals surface area contributed by atoms with Crippen molar-refractivity contribution in [1.29, 1.82) is 0 Å². The van der Waals surface area contributed by atoms with Gasteiger partial charge in [0.25, 0.3) is 5.91 Å². The third-order valence-corrected chi connectivity index (χ3v) is 8.35. The highest BCUT2D eigenvalue weighted by Gasteiger charge is 2.31. The number of nitrogens with one attached hydrogen (secondary N) is 1. The van der Waals surface area contributed by atoms with E-state index in [1.165, 1.54) is 0 Å². The van der Waals surface area contributed by atoms with Crippen molar-refractivity contribution in [2.45, 2.75) is 50.3 Å². The monoisotopic (exact) mass is 481 g/mol. The molecule has 2 aromatic heterocycles. The highest BCUT2D eigenvalue weighted by molar-refractivity contribution is 7.89. The van der Waals surface area contributed by atoms with Gasteiger partial charge in [-0.1, -0.05) is 17.7 Å². The molecule has 1 N–H and O–H groups in total. The molecule has 0 radical (unpaired) electrons. The highest BCUT2D eigenvalue weighted by atomic mass is 32.2. The molecule has 2 aliphatic rings. The summed E-state index contributed by atoms with van der Waals surface area (Å²) in [5.74, 6) is 0.473. The molecule has 5 rings (SSSR count). The van der Waals surface area contributed by atoms with Crippen LogP contribution in [0.15, 0.2) is 35.2 Å². The number of carbonyl (C=O) groups is 1. The summed E-state index contributed by atoms with van der Waals surface area (Å²) in [5, 5.41) is 5.33. The van der Waals surface area contributed by atoms with Crippen molar-refractivity contribution in [3.63, 3.8) is 0 Å². The number of aryl methyl sites for hydroxylation is 3. The van der Waals surface area contributed by atoms with Gasteiger partial charge in [0, 0.05) is 38.3 Å². The second-order valence-corrected chi connectivity index (χ2v) is 11.5. The molecule has 0 bridgehead atoms. The number of hydrogen-bond donors (Lipinski definition) is 1. The number of sulfonamides is 1. The lowest BCUT2D eigenvalue weighted by atomic mass is 9.97. The molecule has 1 unspecified atom stereocenters. The van der Waals surface area contributed by atoms with Crippen molar-refractivity contribution in [3.8, 4) is 0 Å². The van der Waals surface area contributed by atoms with Crippen molar-refractivity contribution < 1.29 is 13.2 Å². The first-order valence-corrected chi connectivity index (χ1v) is 13.4. The van der Waals surface area contributed by atoms with Gasteiger partial charge in [0.2, 0.25) is 10.0 Å². The average Bonchev–Trinajstić information content (AvgIpc) is 3.63. The molecule has 1 aromatic carbocycles. The minimum absolute atomic E-state index is 0.0171. The Morgan fingerprint density at radius 3 is 2.59 bits per heavy atom. The van der Waals surface area contributed by atoms with Crippen LogP contribution in [-0.4, -0.2) is 53.6 Å². The van der Waals surface area contributed by atoms with Gasteiger partial charge in [-0.05, 0) is 63.6 Å². The number of rotatable bonds is 6. The lowest BCUT2D eigenvalue weighted by Gasteiger charge is -2.33. The molecule has 1 aliphatic heterocycles. The van der Waals surface area contributed by atoms with Crippen LogP contribution >= 0.6 is 0 Å². The molecular weight excluding hydrogens is 450 g/mol. The highest BCUT2D eigenvalue weighted by Crippen LogP contribution is 2.40. The van der Waals surface area contributed by atoms with Crippen LogP contribution in [0.1, 0.15) is 58.9 Å². The fraction of sp³-hybridized carbons (Fsp3) is 0.480. The topological polar surface area (TPSA) is 97.2 Å². The molecule has 34 heavy (non-hydrogen) atoms. The Morgan fingerprint density at radius 2 is 1.88 bits per heavy atom. The van der Waals surface area contributed by atoms with Gasteiger partial charge in [0.05, 0.1) is 21.5 Å². The Bertz CT molecular complexity index is 1340. The van der Waals surface area contributed by atoms with E-state index >= 15 is 0 Å². The fourth-order valence-electron chi connectivity index (χ4n) is 4.84. The van der Waals surface area contributed by atoms with Crippen LogP contribution in [0, 0.1) is 19.8 Å². The Morgan fingerprint density at radius 1 is 1.15 bits per heavy atom. The molecule has 1 amide bonds. The van der Waals surface area contributed by atoms with Crippen LogP contribution in [0.2, 0.25) is 0 Å². The Labute approximate surface area is 200 Å². The number of fused-ring (bicyclic) bond motifs is 1. The summed E-state index contributed by atoms with van der Waals surface area (Å²) in [6.45, 7) is 5.34. The van der Waals surface area contributed by atoms with Crippen LogP contribution < -0.4 is 4.72 Å². The summed E-state index contributed by atoms with van der Waals surface area (Å²) in [6.07, 6.45) is 3.94. The zero-order valence-corrected chi connectivity index (χ0v) is 20.7. The summed E-state index contributed by atoms with van der Waals surface area (Å²) in [7, 11) is -1.71. The van der Waals surface area contributed by atoms with E-state index < -0.39 is 10.0 Å². The quantitative estimate of drug-likeness (QED) is 0.583. The fourth-order valence-corrected chi connectivity index (χ4v) is 5.95. The van der Waals surface area contributed by atoms with E-state index in [1.807, 2.05) is 31.9 Å². The number of aromatic nitrogens is 3. The van der Waals surface area contributed by atoms with Gasteiger partial charge < -0.3 is 4.90 Å². The first-order valence-electron chi connectivity index (χ1n) is 11.9. The lowest BCUT2D eigenvalue weighted by molar-refractivity contribution is 0.0678. The van der Waals surface area contributed by atoms with E-state index in [9.17, 15) is 13.2 Å². The largest absolute Gasteiger partial charge is 0.338 e. The Kier molecular flexibility index (Phi) is 5.93. The second kappa shape index (κ2) is 8.78. The van der Waals surface area contributed by atoms with Crippen molar-refractivity contribution in [2.24, 2.45) is 13.0 Å². The molecule has 2 fully saturated rings. The molecule has 9 heteroatoms. The summed E-state index contributed by atoms with van der Waals surface area (Å²) in [6, 6.07) is 8.79. The van der Waals surface area contributed by atoms with Crippen LogP contribution in [0.25, 0.3) is 11.0 Å². The molecule has 1 aliphatic carbocycles. The summed E-state index contributed by atoms with van der Waals surface area (Å²) < 4.78 is 29.9. The predicted molar refractivity (Wildman–Crippen MR) is 130 cm³/mol. The van der Waals surface area contributed by atoms with Gasteiger partial charge in [-0.2, -0.15) is 5.10 Å². The normalized spacial score (nSPS) is 19.0. The van der Waals surface area contributed by atoms with Crippen LogP contribution in [0.3, 0.4) is 0 Å². The number of hydrogen-bond acceptors (Lipinski definition) is 5. The molecule has 3 aromatic rings. The van der Waals surface area contributed by atoms with Gasteiger partial charge in [-0.15, -0.1) is 0 Å². The maximum atomic E-state index is 13.7. The van der Waals surface area contributed by atoms with E-state index in [0.717, 1.165) is 53.7 Å². The van der Waals surface area contributed by atoms with Crippen LogP contribution in [-0.2, 0) is 17.1 Å². The molecule has 8 nitrogen and oxygen atoms in total. The van der Waals surface area contributed by atoms with E-state index in [1.54, 1.807) is 28.9 Å². The molecule has 180 valence electrons. The van der Waals surface area contributed by atoms with Crippen LogP contribution in [0.5, 0.6) is 0 Å². The van der Waals surface area contributed by atoms with Crippen LogP contribution in [0.4, 0.5) is 0 Å². The van der Waals surface area contributed by atoms with Crippen molar-refractivity contribution in [1.82, 2.24) is 24.4 Å². The number of nitrogens with zero attached hydrogens (tertiary/aromatic N) is 4. The summed E-state index contributed by atoms with van der Waals surface area (Å²) in [5.41, 5.74) is 4.20. The van der Waals surface area contributed by atoms with Crippen molar-refractivity contribution in [2.75, 3.05) is 19.6 Å². The van der Waals surface area contributed by atoms with Gasteiger partial charge >= 0.3 is 0 Å². The molecule has 3 heterocycles. The first kappa shape index (κ1) is 23.0. The second-order valence-electron chi connectivity index (χ2n) is 9.70. The van der Waals surface area contributed by atoms with E-state index in [0.29, 0.717) is 31.1 Å². The number of carbonyl (C=O) groups excluding carboxylic acids is 1. The number of amides is 1. The minimum atomic E-state index is -3.58. The predicted octanol–water partition coefficient (Wildman–Crippen LogP) is 3.29. The smallest absolute Gasteiger partial charge is 0.254 e. The van der Waals surface area contributed by atoms with Gasteiger partial charge in [0.15, 0.2) is 5.65 Å². The first-order chi connectivity index (χ1) is 16.2. The maximum Gasteiger partial charge on any atom is 0.254 e. The third-order valence-electron chi connectivity index (χ3n) is 6.91. The number of benzene rings is 1. The molecule has 0 spiro atoms. The van der Waals surface area contributed by atoms with Gasteiger partial charge in [-0.25, -0.2) is 18.1 Å². The molecule has 1 atom stereocenters. The summed E-state index contributed by atoms with van der Waals surface area (Å²) >= 11 is 0. The molecule has 1 saturated heterocycles. The lowest BCUT2D eigenvalue weighted by Crippen LogP contribution is -2.43. The standard InChI is InChI=1S/C25H31N5O3S/c1-16-6-10-20(11-7-16)34(32,33)26-14-18-5-4-12-30(15-18)25(31)21-13-22(19-8-9-19)27-24-23(21)17(2)28-29(24)3/h6-7,10-11,13,18-19,26H,4-5,8-9,12,14-15H2,1-3H3. The SMILES string of the molecule is Cc1ccc(S(=O)(=O)NCC2CCCN(C(=O)c3cc(C4CC4)nc4c3c(C)nn4C)C2)cc1. The number of pyridine rings is 1. The minimum Gasteiger partial charge on any atom is -0.338 e. The zero-order chi connectivity index (χ0) is 24.0. The third kappa shape index (κ3) is 4.46. The van der Waals surface area contributed by atoms with Gasteiger partial charge in [-0.3, -0.25) is 9.48 Å². The van der Waals surface area contributed by atoms with E-state index in [2.05, 4.69) is 9.82 Å². The van der Waals surface area contributed by atoms with Crippen molar-refractivity contribution >= 4 is 27.0 Å². The van der Waals surface area contributed by atoms with E-state index in [4.69, 9.17) is 4.98 Å². The molecular formula is C25H31N5O3S. The Hall–Kier alpha value is -2.78. The molecule has 1 saturated carbocycles. The summed E-state index contributed by atoms with van der Waals surface area (Å²) in [4.78, 5) is 20.6. The van der Waals surface area contributed by atoms with E-state index in [-0.39, 0.29) is 16.7 Å². The number of piperidine rings is 1. The Balaban J connectivity index is 1.34. The maximum absolute atomic E-state index is 13.7. The van der Waals surface area contributed by atoms with Crippen molar-refractivity contribution in [3.05, 3.63) is 52.8 Å². The number of likely N-dealkylation sites (tertiary alicyclic amines) is 1.